The van der Waals surface area contributed by atoms with E-state index in [1.807, 2.05) is 13.8 Å². The van der Waals surface area contributed by atoms with Gasteiger partial charge in [0.1, 0.15) is 17.0 Å². The molecule has 1 aliphatic rings. The Balaban J connectivity index is 2.61. The van der Waals surface area contributed by atoms with Crippen LogP contribution in [0.5, 0.6) is 5.75 Å². The van der Waals surface area contributed by atoms with E-state index in [0.717, 1.165) is 0 Å². The fourth-order valence-corrected chi connectivity index (χ4v) is 2.09. The molecule has 7 heteroatoms. The predicted octanol–water partition coefficient (Wildman–Crippen LogP) is 1.17. The fourth-order valence-electron chi connectivity index (χ4n) is 2.09. The lowest BCUT2D eigenvalue weighted by Gasteiger charge is -2.21. The summed E-state index contributed by atoms with van der Waals surface area (Å²) < 4.78 is 4.70. The Kier molecular flexibility index (Phi) is 3.91. The molecule has 0 saturated heterocycles. The van der Waals surface area contributed by atoms with Gasteiger partial charge < -0.3 is 15.2 Å². The number of hydrogen-bond donors (Lipinski definition) is 2. The third-order valence-electron chi connectivity index (χ3n) is 3.98. The Hall–Kier alpha value is -2.44. The average molecular weight is 305 g/mol. The van der Waals surface area contributed by atoms with Crippen molar-refractivity contribution in [3.63, 3.8) is 0 Å². The van der Waals surface area contributed by atoms with Crippen molar-refractivity contribution in [1.82, 2.24) is 10.3 Å². The molecule has 118 valence electrons. The molecule has 0 spiro atoms. The van der Waals surface area contributed by atoms with Gasteiger partial charge in [-0.1, -0.05) is 13.8 Å². The molecule has 0 radical (unpaired) electrons. The predicted molar refractivity (Wildman–Crippen MR) is 79.9 cm³/mol. The summed E-state index contributed by atoms with van der Waals surface area (Å²) >= 11 is 0. The van der Waals surface area contributed by atoms with E-state index in [1.165, 1.54) is 13.2 Å². The molecule has 1 unspecified atom stereocenters. The van der Waals surface area contributed by atoms with Crippen LogP contribution in [0.15, 0.2) is 11.1 Å². The van der Waals surface area contributed by atoms with E-state index in [4.69, 9.17) is 4.74 Å². The summed E-state index contributed by atoms with van der Waals surface area (Å²) in [4.78, 5) is 32.7. The Morgan fingerprint density at radius 1 is 1.45 bits per heavy atom. The highest BCUT2D eigenvalue weighted by molar-refractivity contribution is 6.17. The first kappa shape index (κ1) is 15.9. The first-order valence-electron chi connectivity index (χ1n) is 6.91. The van der Waals surface area contributed by atoms with Crippen LogP contribution in [-0.2, 0) is 9.53 Å². The third-order valence-corrected chi connectivity index (χ3v) is 3.98. The minimum Gasteiger partial charge on any atom is -0.506 e. The van der Waals surface area contributed by atoms with Gasteiger partial charge in [0.25, 0.3) is 5.91 Å². The molecular weight excluding hydrogens is 286 g/mol. The van der Waals surface area contributed by atoms with Gasteiger partial charge >= 0.3 is 5.97 Å². The molecular formula is C15H19N3O4. The molecule has 0 bridgehead atoms. The van der Waals surface area contributed by atoms with Gasteiger partial charge in [-0.05, 0) is 25.8 Å². The highest BCUT2D eigenvalue weighted by atomic mass is 16.5. The van der Waals surface area contributed by atoms with Crippen LogP contribution in [0.3, 0.4) is 0 Å². The van der Waals surface area contributed by atoms with E-state index in [9.17, 15) is 14.7 Å². The molecule has 0 saturated carbocycles. The van der Waals surface area contributed by atoms with Gasteiger partial charge in [0.2, 0.25) is 0 Å². The van der Waals surface area contributed by atoms with Gasteiger partial charge in [0.05, 0.1) is 18.4 Å². The number of aromatic hydroxyl groups is 1. The highest BCUT2D eigenvalue weighted by Gasteiger charge is 2.43. The Labute approximate surface area is 128 Å². The number of pyridine rings is 1. The molecule has 0 aliphatic carbocycles. The molecule has 2 N–H and O–H groups in total. The monoisotopic (exact) mass is 305 g/mol. The zero-order chi connectivity index (χ0) is 16.7. The van der Waals surface area contributed by atoms with Crippen LogP contribution in [0.4, 0.5) is 0 Å². The van der Waals surface area contributed by atoms with E-state index in [1.54, 1.807) is 13.8 Å². The van der Waals surface area contributed by atoms with E-state index in [0.29, 0.717) is 5.69 Å². The Bertz CT molecular complexity index is 682. The molecule has 1 amide bonds. The van der Waals surface area contributed by atoms with Gasteiger partial charge in [-0.2, -0.15) is 0 Å². The largest absolute Gasteiger partial charge is 0.506 e. The molecule has 1 aliphatic heterocycles. The van der Waals surface area contributed by atoms with Gasteiger partial charge in [-0.15, -0.1) is 0 Å². The first-order chi connectivity index (χ1) is 10.2. The lowest BCUT2D eigenvalue weighted by Crippen LogP contribution is -2.41. The van der Waals surface area contributed by atoms with Crippen molar-refractivity contribution in [2.75, 3.05) is 7.11 Å². The number of amides is 1. The number of aliphatic imine (C=N–C) groups is 1. The maximum absolute atomic E-state index is 12.2. The van der Waals surface area contributed by atoms with Crippen LogP contribution in [0.1, 0.15) is 42.5 Å². The third kappa shape index (κ3) is 2.43. The molecule has 2 rings (SSSR count). The minimum atomic E-state index is -0.920. The molecule has 2 heterocycles. The van der Waals surface area contributed by atoms with Crippen molar-refractivity contribution in [3.8, 4) is 5.75 Å². The van der Waals surface area contributed by atoms with Crippen LogP contribution in [0.25, 0.3) is 0 Å². The summed E-state index contributed by atoms with van der Waals surface area (Å²) in [7, 11) is 1.23. The number of methoxy groups -OCH3 is 1. The average Bonchev–Trinajstić information content (AvgIpc) is 2.77. The molecule has 1 aromatic rings. The van der Waals surface area contributed by atoms with E-state index in [-0.39, 0.29) is 34.7 Å². The number of aryl methyl sites for hydroxylation is 1. The lowest BCUT2D eigenvalue weighted by molar-refractivity contribution is -0.124. The summed E-state index contributed by atoms with van der Waals surface area (Å²) in [6.45, 7) is 7.11. The van der Waals surface area contributed by atoms with Crippen LogP contribution >= 0.6 is 0 Å². The second-order valence-corrected chi connectivity index (χ2v) is 5.70. The summed E-state index contributed by atoms with van der Waals surface area (Å²) in [6.07, 6.45) is 0. The van der Waals surface area contributed by atoms with Crippen molar-refractivity contribution in [2.24, 2.45) is 10.9 Å². The normalized spacial score (nSPS) is 20.8. The summed E-state index contributed by atoms with van der Waals surface area (Å²) in [5.74, 6) is -0.844. The van der Waals surface area contributed by atoms with Gasteiger partial charge in [-0.3, -0.25) is 4.79 Å². The number of esters is 1. The van der Waals surface area contributed by atoms with Crippen molar-refractivity contribution < 1.29 is 19.4 Å². The number of carbonyl (C=O) groups excluding carboxylic acids is 2. The number of rotatable bonds is 3. The number of nitrogens with one attached hydrogen (secondary N) is 1. The van der Waals surface area contributed by atoms with Crippen LogP contribution in [-0.4, -0.2) is 40.5 Å². The fraction of sp³-hybridized carbons (Fsp3) is 0.467. The zero-order valence-electron chi connectivity index (χ0n) is 13.2. The number of nitrogens with zero attached hydrogens (tertiary/aromatic N) is 2. The maximum Gasteiger partial charge on any atom is 0.340 e. The number of amidine groups is 1. The number of aromatic nitrogens is 1. The van der Waals surface area contributed by atoms with Crippen LogP contribution in [0, 0.1) is 12.8 Å². The summed E-state index contributed by atoms with van der Waals surface area (Å²) in [5.41, 5.74) is -0.341. The topological polar surface area (TPSA) is 101 Å². The van der Waals surface area contributed by atoms with Gasteiger partial charge in [-0.25, -0.2) is 14.8 Å². The quantitative estimate of drug-likeness (QED) is 0.816. The van der Waals surface area contributed by atoms with Gasteiger partial charge in [0.15, 0.2) is 5.84 Å². The Morgan fingerprint density at radius 3 is 2.59 bits per heavy atom. The second-order valence-electron chi connectivity index (χ2n) is 5.70. The van der Waals surface area contributed by atoms with Crippen molar-refractivity contribution in [3.05, 3.63) is 23.0 Å². The van der Waals surface area contributed by atoms with E-state index >= 15 is 0 Å². The standard InChI is InChI=1S/C15H19N3O4/c1-7(2)15(4)14(21)17-12(18-15)11-9(13(20)22-5)6-10(19)8(3)16-11/h6-7,19H,1-5H3,(H,17,18,21). The highest BCUT2D eigenvalue weighted by Crippen LogP contribution is 2.28. The number of hydrogen-bond acceptors (Lipinski definition) is 6. The van der Waals surface area contributed by atoms with Crippen molar-refractivity contribution in [2.45, 2.75) is 33.2 Å². The van der Waals surface area contributed by atoms with Crippen molar-refractivity contribution >= 4 is 17.7 Å². The van der Waals surface area contributed by atoms with Crippen LogP contribution in [0.2, 0.25) is 0 Å². The summed E-state index contributed by atoms with van der Waals surface area (Å²) in [5, 5.41) is 12.4. The molecule has 1 atom stereocenters. The lowest BCUT2D eigenvalue weighted by atomic mass is 9.89. The molecule has 22 heavy (non-hydrogen) atoms. The number of ether oxygens (including phenoxy) is 1. The SMILES string of the molecule is COC(=O)c1cc(O)c(C)nc1C1=NC(C)(C(C)C)C(=O)N1. The second kappa shape index (κ2) is 5.40. The van der Waals surface area contributed by atoms with Gasteiger partial charge in [0, 0.05) is 0 Å². The van der Waals surface area contributed by atoms with Crippen LogP contribution < -0.4 is 5.32 Å². The van der Waals surface area contributed by atoms with E-state index < -0.39 is 11.5 Å². The Morgan fingerprint density at radius 2 is 2.09 bits per heavy atom. The molecule has 1 aromatic heterocycles. The first-order valence-corrected chi connectivity index (χ1v) is 6.91. The van der Waals surface area contributed by atoms with E-state index in [2.05, 4.69) is 15.3 Å². The summed E-state index contributed by atoms with van der Waals surface area (Å²) in [6, 6.07) is 1.27. The molecule has 0 fully saturated rings. The minimum absolute atomic E-state index is 0.0233. The smallest absolute Gasteiger partial charge is 0.340 e. The number of carbonyl (C=O) groups is 2. The molecule has 7 nitrogen and oxygen atoms in total. The molecule has 0 aromatic carbocycles. The van der Waals surface area contributed by atoms with Crippen molar-refractivity contribution in [1.29, 1.82) is 0 Å². The zero-order valence-corrected chi connectivity index (χ0v) is 13.2. The maximum atomic E-state index is 12.2.